The van der Waals surface area contributed by atoms with Crippen LogP contribution in [0.5, 0.6) is 0 Å². The van der Waals surface area contributed by atoms with Gasteiger partial charge in [-0.3, -0.25) is 0 Å². The number of aryl methyl sites for hydroxylation is 2. The van der Waals surface area contributed by atoms with E-state index in [-0.39, 0.29) is 6.61 Å². The van der Waals surface area contributed by atoms with Crippen molar-refractivity contribution in [3.8, 4) is 0 Å². The summed E-state index contributed by atoms with van der Waals surface area (Å²) < 4.78 is 0. The number of hydrogen-bond donors (Lipinski definition) is 1. The number of hydrogen-bond acceptors (Lipinski definition) is 3. The molecule has 0 aromatic carbocycles. The fourth-order valence-corrected chi connectivity index (χ4v) is 2.80. The number of aromatic nitrogens is 1. The van der Waals surface area contributed by atoms with E-state index >= 15 is 0 Å². The molecule has 2 rings (SSSR count). The van der Waals surface area contributed by atoms with E-state index in [1.54, 1.807) is 0 Å². The van der Waals surface area contributed by atoms with Gasteiger partial charge < -0.3 is 10.0 Å². The normalized spacial score (nSPS) is 16.5. The predicted octanol–water partition coefficient (Wildman–Crippen LogP) is 2.57. The third-order valence-corrected chi connectivity index (χ3v) is 3.82. The van der Waals surface area contributed by atoms with Crippen molar-refractivity contribution in [1.82, 2.24) is 4.98 Å². The standard InChI is InChI=1S/C14H22N2O/c1-10-8-11(2)15-14(13(10)9-17)16(3)12-6-4-5-7-12/h8,12,17H,4-7,9H2,1-3H3. The van der Waals surface area contributed by atoms with Crippen LogP contribution in [0.1, 0.15) is 42.5 Å². The molecule has 0 aliphatic heterocycles. The van der Waals surface area contributed by atoms with E-state index in [1.165, 1.54) is 25.7 Å². The van der Waals surface area contributed by atoms with Crippen LogP contribution in [0.2, 0.25) is 0 Å². The van der Waals surface area contributed by atoms with Crippen molar-refractivity contribution in [3.63, 3.8) is 0 Å². The molecule has 3 nitrogen and oxygen atoms in total. The van der Waals surface area contributed by atoms with Crippen LogP contribution in [0, 0.1) is 13.8 Å². The maximum Gasteiger partial charge on any atom is 0.134 e. The third-order valence-electron chi connectivity index (χ3n) is 3.82. The molecule has 1 heterocycles. The summed E-state index contributed by atoms with van der Waals surface area (Å²) in [5.41, 5.74) is 3.14. The lowest BCUT2D eigenvalue weighted by Gasteiger charge is -2.28. The van der Waals surface area contributed by atoms with Crippen molar-refractivity contribution >= 4 is 5.82 Å². The zero-order valence-corrected chi connectivity index (χ0v) is 11.0. The average Bonchev–Trinajstić information content (AvgIpc) is 2.80. The molecule has 1 fully saturated rings. The molecule has 17 heavy (non-hydrogen) atoms. The van der Waals surface area contributed by atoms with Gasteiger partial charge in [-0.05, 0) is 38.3 Å². The first-order valence-corrected chi connectivity index (χ1v) is 6.44. The lowest BCUT2D eigenvalue weighted by atomic mass is 10.1. The van der Waals surface area contributed by atoms with E-state index in [4.69, 9.17) is 0 Å². The van der Waals surface area contributed by atoms with Crippen molar-refractivity contribution < 1.29 is 5.11 Å². The molecule has 0 saturated heterocycles. The first-order valence-electron chi connectivity index (χ1n) is 6.44. The minimum absolute atomic E-state index is 0.0749. The summed E-state index contributed by atoms with van der Waals surface area (Å²) >= 11 is 0. The average molecular weight is 234 g/mol. The largest absolute Gasteiger partial charge is 0.392 e. The summed E-state index contributed by atoms with van der Waals surface area (Å²) in [5, 5.41) is 9.52. The monoisotopic (exact) mass is 234 g/mol. The Morgan fingerprint density at radius 2 is 2.00 bits per heavy atom. The summed E-state index contributed by atoms with van der Waals surface area (Å²) in [6.45, 7) is 4.14. The smallest absolute Gasteiger partial charge is 0.134 e. The van der Waals surface area contributed by atoms with Crippen LogP contribution in [0.15, 0.2) is 6.07 Å². The van der Waals surface area contributed by atoms with Gasteiger partial charge in [-0.15, -0.1) is 0 Å². The van der Waals surface area contributed by atoms with Gasteiger partial charge in [-0.25, -0.2) is 4.98 Å². The Morgan fingerprint density at radius 3 is 2.59 bits per heavy atom. The summed E-state index contributed by atoms with van der Waals surface area (Å²) in [5.74, 6) is 0.969. The SMILES string of the molecule is Cc1cc(C)c(CO)c(N(C)C2CCCC2)n1. The Kier molecular flexibility index (Phi) is 3.67. The van der Waals surface area contributed by atoms with Crippen molar-refractivity contribution in [2.45, 2.75) is 52.2 Å². The number of pyridine rings is 1. The van der Waals surface area contributed by atoms with Gasteiger partial charge >= 0.3 is 0 Å². The quantitative estimate of drug-likeness (QED) is 0.873. The number of anilines is 1. The Hall–Kier alpha value is -1.09. The molecule has 1 aliphatic carbocycles. The van der Waals surface area contributed by atoms with Gasteiger partial charge in [-0.2, -0.15) is 0 Å². The summed E-state index contributed by atoms with van der Waals surface area (Å²) in [4.78, 5) is 6.88. The van der Waals surface area contributed by atoms with Gasteiger partial charge in [0.2, 0.25) is 0 Å². The molecule has 0 radical (unpaired) electrons. The van der Waals surface area contributed by atoms with Gasteiger partial charge in [0.25, 0.3) is 0 Å². The fraction of sp³-hybridized carbons (Fsp3) is 0.643. The lowest BCUT2D eigenvalue weighted by Crippen LogP contribution is -2.31. The van der Waals surface area contributed by atoms with Gasteiger partial charge in [0.1, 0.15) is 5.82 Å². The minimum atomic E-state index is 0.0749. The minimum Gasteiger partial charge on any atom is -0.392 e. The second-order valence-electron chi connectivity index (χ2n) is 5.09. The third kappa shape index (κ3) is 2.44. The van der Waals surface area contributed by atoms with E-state index in [1.807, 2.05) is 19.9 Å². The zero-order chi connectivity index (χ0) is 12.4. The van der Waals surface area contributed by atoms with Crippen LogP contribution in [0.4, 0.5) is 5.82 Å². The molecule has 0 bridgehead atoms. The molecule has 94 valence electrons. The van der Waals surface area contributed by atoms with Crippen LogP contribution in [0.25, 0.3) is 0 Å². The highest BCUT2D eigenvalue weighted by molar-refractivity contribution is 5.51. The Labute approximate surface area is 103 Å². The van der Waals surface area contributed by atoms with Crippen LogP contribution in [-0.4, -0.2) is 23.2 Å². The predicted molar refractivity (Wildman–Crippen MR) is 70.3 cm³/mol. The molecule has 3 heteroatoms. The zero-order valence-electron chi connectivity index (χ0n) is 11.0. The molecule has 1 aromatic rings. The van der Waals surface area contributed by atoms with E-state index < -0.39 is 0 Å². The molecule has 1 saturated carbocycles. The van der Waals surface area contributed by atoms with Crippen LogP contribution in [-0.2, 0) is 6.61 Å². The highest BCUT2D eigenvalue weighted by atomic mass is 16.3. The number of aliphatic hydroxyl groups excluding tert-OH is 1. The highest BCUT2D eigenvalue weighted by Gasteiger charge is 2.23. The summed E-state index contributed by atoms with van der Waals surface area (Å²) in [7, 11) is 2.11. The van der Waals surface area contributed by atoms with Crippen LogP contribution < -0.4 is 4.90 Å². The Balaban J connectivity index is 2.35. The van der Waals surface area contributed by atoms with E-state index in [0.29, 0.717) is 6.04 Å². The maximum atomic E-state index is 9.52. The van der Waals surface area contributed by atoms with Gasteiger partial charge in [-0.1, -0.05) is 12.8 Å². The summed E-state index contributed by atoms with van der Waals surface area (Å²) in [6, 6.07) is 2.63. The topological polar surface area (TPSA) is 36.4 Å². The first kappa shape index (κ1) is 12.4. The second kappa shape index (κ2) is 5.05. The van der Waals surface area contributed by atoms with Gasteiger partial charge in [0.15, 0.2) is 0 Å². The molecular weight excluding hydrogens is 212 g/mol. The number of nitrogens with zero attached hydrogens (tertiary/aromatic N) is 2. The van der Waals surface area contributed by atoms with E-state index in [2.05, 4.69) is 16.9 Å². The van der Waals surface area contributed by atoms with Crippen LogP contribution >= 0.6 is 0 Å². The first-order chi connectivity index (χ1) is 8.13. The van der Waals surface area contributed by atoms with E-state index in [0.717, 1.165) is 22.6 Å². The van der Waals surface area contributed by atoms with Crippen molar-refractivity contribution in [3.05, 3.63) is 22.9 Å². The maximum absolute atomic E-state index is 9.52. The highest BCUT2D eigenvalue weighted by Crippen LogP contribution is 2.29. The van der Waals surface area contributed by atoms with Crippen molar-refractivity contribution in [2.75, 3.05) is 11.9 Å². The van der Waals surface area contributed by atoms with Crippen molar-refractivity contribution in [1.29, 1.82) is 0 Å². The number of rotatable bonds is 3. The molecular formula is C14H22N2O. The second-order valence-corrected chi connectivity index (χ2v) is 5.09. The molecule has 0 amide bonds. The number of aliphatic hydroxyl groups is 1. The molecule has 0 spiro atoms. The molecule has 0 unspecified atom stereocenters. The molecule has 1 aliphatic rings. The Morgan fingerprint density at radius 1 is 1.35 bits per heavy atom. The molecule has 1 aromatic heterocycles. The Bertz CT molecular complexity index is 397. The van der Waals surface area contributed by atoms with Gasteiger partial charge in [0, 0.05) is 24.3 Å². The lowest BCUT2D eigenvalue weighted by molar-refractivity contribution is 0.280. The molecule has 0 atom stereocenters. The van der Waals surface area contributed by atoms with Crippen LogP contribution in [0.3, 0.4) is 0 Å². The summed E-state index contributed by atoms with van der Waals surface area (Å²) in [6.07, 6.45) is 5.12. The molecule has 1 N–H and O–H groups in total. The fourth-order valence-electron chi connectivity index (χ4n) is 2.80. The van der Waals surface area contributed by atoms with E-state index in [9.17, 15) is 5.11 Å². The van der Waals surface area contributed by atoms with Gasteiger partial charge in [0.05, 0.1) is 6.61 Å². The van der Waals surface area contributed by atoms with Crippen molar-refractivity contribution in [2.24, 2.45) is 0 Å².